The highest BCUT2D eigenvalue weighted by molar-refractivity contribution is 6.29. The third-order valence-corrected chi connectivity index (χ3v) is 2.38. The van der Waals surface area contributed by atoms with Gasteiger partial charge >= 0.3 is 0 Å². The van der Waals surface area contributed by atoms with E-state index in [-0.39, 0.29) is 0 Å². The average molecular weight is 232 g/mol. The minimum Gasteiger partial charge on any atom is -0.236 e. The van der Waals surface area contributed by atoms with Gasteiger partial charge in [0.2, 0.25) is 0 Å². The summed E-state index contributed by atoms with van der Waals surface area (Å²) in [6, 6.07) is 3.52. The van der Waals surface area contributed by atoms with Crippen molar-refractivity contribution in [3.63, 3.8) is 0 Å². The summed E-state index contributed by atoms with van der Waals surface area (Å²) in [6.45, 7) is 0. The molecule has 0 bridgehead atoms. The Hall–Kier alpha value is -2.01. The number of hydrogen-bond donors (Lipinski definition) is 0. The molecule has 78 valence electrons. The third kappa shape index (κ3) is 1.51. The summed E-state index contributed by atoms with van der Waals surface area (Å²) in [5, 5.41) is 4.51. The fourth-order valence-electron chi connectivity index (χ4n) is 1.43. The first-order valence-corrected chi connectivity index (χ1v) is 4.98. The SMILES string of the molecule is Clc1cc(-c2cnc3ccnn3c2)ncn1. The van der Waals surface area contributed by atoms with Crippen molar-refractivity contribution < 1.29 is 0 Å². The number of aromatic nitrogens is 5. The van der Waals surface area contributed by atoms with Gasteiger partial charge in [-0.2, -0.15) is 5.10 Å². The Bertz CT molecular complexity index is 648. The molecular formula is C10H6ClN5. The van der Waals surface area contributed by atoms with Crippen LogP contribution in [0.2, 0.25) is 5.15 Å². The fourth-order valence-corrected chi connectivity index (χ4v) is 1.58. The van der Waals surface area contributed by atoms with Gasteiger partial charge in [-0.15, -0.1) is 0 Å². The largest absolute Gasteiger partial charge is 0.236 e. The lowest BCUT2D eigenvalue weighted by atomic mass is 10.2. The fraction of sp³-hybridized carbons (Fsp3) is 0. The molecule has 0 fully saturated rings. The van der Waals surface area contributed by atoms with E-state index in [0.29, 0.717) is 5.15 Å². The molecule has 0 N–H and O–H groups in total. The van der Waals surface area contributed by atoms with Crippen LogP contribution in [0.25, 0.3) is 16.9 Å². The summed E-state index contributed by atoms with van der Waals surface area (Å²) >= 11 is 5.80. The summed E-state index contributed by atoms with van der Waals surface area (Å²) < 4.78 is 1.69. The van der Waals surface area contributed by atoms with Crippen LogP contribution in [-0.4, -0.2) is 24.6 Å². The predicted octanol–water partition coefficient (Wildman–Crippen LogP) is 1.84. The number of hydrogen-bond acceptors (Lipinski definition) is 4. The Morgan fingerprint density at radius 2 is 2.12 bits per heavy atom. The first-order valence-electron chi connectivity index (χ1n) is 4.60. The Balaban J connectivity index is 2.18. The Morgan fingerprint density at radius 1 is 1.19 bits per heavy atom. The van der Waals surface area contributed by atoms with Crippen molar-refractivity contribution >= 4 is 17.2 Å². The first kappa shape index (κ1) is 9.23. The van der Waals surface area contributed by atoms with E-state index >= 15 is 0 Å². The van der Waals surface area contributed by atoms with Gasteiger partial charge in [0.25, 0.3) is 0 Å². The molecule has 0 saturated heterocycles. The van der Waals surface area contributed by atoms with Crippen LogP contribution in [0.5, 0.6) is 0 Å². The van der Waals surface area contributed by atoms with E-state index < -0.39 is 0 Å². The van der Waals surface area contributed by atoms with Gasteiger partial charge in [0, 0.05) is 30.1 Å². The standard InChI is InChI=1S/C10H6ClN5/c11-9-3-8(13-6-14-9)7-4-12-10-1-2-15-16(10)5-7/h1-6H. The van der Waals surface area contributed by atoms with Gasteiger partial charge in [-0.25, -0.2) is 19.5 Å². The highest BCUT2D eigenvalue weighted by atomic mass is 35.5. The maximum absolute atomic E-state index is 5.80. The molecule has 0 amide bonds. The van der Waals surface area contributed by atoms with Gasteiger partial charge in [0.1, 0.15) is 11.5 Å². The molecule has 0 unspecified atom stereocenters. The van der Waals surface area contributed by atoms with Crippen LogP contribution in [0.4, 0.5) is 0 Å². The predicted molar refractivity (Wildman–Crippen MR) is 59.0 cm³/mol. The molecule has 0 aliphatic rings. The van der Waals surface area contributed by atoms with Crippen molar-refractivity contribution in [3.05, 3.63) is 42.2 Å². The Kier molecular flexibility index (Phi) is 2.04. The monoisotopic (exact) mass is 231 g/mol. The van der Waals surface area contributed by atoms with Gasteiger partial charge in [0.05, 0.1) is 11.9 Å². The van der Waals surface area contributed by atoms with E-state index in [4.69, 9.17) is 11.6 Å². The van der Waals surface area contributed by atoms with Crippen LogP contribution < -0.4 is 0 Å². The molecule has 0 aliphatic carbocycles. The summed E-state index contributed by atoms with van der Waals surface area (Å²) in [5.41, 5.74) is 2.37. The zero-order valence-electron chi connectivity index (χ0n) is 8.08. The second kappa shape index (κ2) is 3.53. The van der Waals surface area contributed by atoms with E-state index in [1.807, 2.05) is 12.3 Å². The van der Waals surface area contributed by atoms with Gasteiger partial charge in [-0.05, 0) is 0 Å². The van der Waals surface area contributed by atoms with E-state index in [1.165, 1.54) is 6.33 Å². The van der Waals surface area contributed by atoms with Crippen molar-refractivity contribution in [2.24, 2.45) is 0 Å². The maximum atomic E-state index is 5.80. The topological polar surface area (TPSA) is 56.0 Å². The lowest BCUT2D eigenvalue weighted by Gasteiger charge is -2.00. The Morgan fingerprint density at radius 3 is 3.00 bits per heavy atom. The molecule has 0 saturated carbocycles. The number of fused-ring (bicyclic) bond motifs is 1. The van der Waals surface area contributed by atoms with Gasteiger partial charge in [-0.1, -0.05) is 11.6 Å². The number of rotatable bonds is 1. The molecule has 3 heterocycles. The quantitative estimate of drug-likeness (QED) is 0.600. The summed E-state index contributed by atoms with van der Waals surface area (Å²) in [7, 11) is 0. The summed E-state index contributed by atoms with van der Waals surface area (Å²) in [6.07, 6.45) is 6.70. The lowest BCUT2D eigenvalue weighted by molar-refractivity contribution is 0.939. The van der Waals surface area contributed by atoms with E-state index in [9.17, 15) is 0 Å². The van der Waals surface area contributed by atoms with E-state index in [0.717, 1.165) is 16.9 Å². The van der Waals surface area contributed by atoms with E-state index in [2.05, 4.69) is 20.1 Å². The Labute approximate surface area is 95.8 Å². The third-order valence-electron chi connectivity index (χ3n) is 2.18. The first-order chi connectivity index (χ1) is 7.83. The minimum atomic E-state index is 0.408. The van der Waals surface area contributed by atoms with Crippen molar-refractivity contribution in [2.75, 3.05) is 0 Å². The number of halogens is 1. The zero-order chi connectivity index (χ0) is 11.0. The summed E-state index contributed by atoms with van der Waals surface area (Å²) in [4.78, 5) is 12.2. The van der Waals surface area contributed by atoms with Crippen molar-refractivity contribution in [1.82, 2.24) is 24.6 Å². The van der Waals surface area contributed by atoms with Crippen LogP contribution in [-0.2, 0) is 0 Å². The second-order valence-corrected chi connectivity index (χ2v) is 3.59. The maximum Gasteiger partial charge on any atom is 0.154 e. The highest BCUT2D eigenvalue weighted by Gasteiger charge is 2.03. The highest BCUT2D eigenvalue weighted by Crippen LogP contribution is 2.17. The average Bonchev–Trinajstić information content (AvgIpc) is 2.75. The number of nitrogens with zero attached hydrogens (tertiary/aromatic N) is 5. The molecule has 0 radical (unpaired) electrons. The normalized spacial score (nSPS) is 10.8. The zero-order valence-corrected chi connectivity index (χ0v) is 8.83. The molecule has 16 heavy (non-hydrogen) atoms. The van der Waals surface area contributed by atoms with Gasteiger partial charge in [0.15, 0.2) is 5.65 Å². The van der Waals surface area contributed by atoms with Crippen molar-refractivity contribution in [3.8, 4) is 11.3 Å². The molecule has 6 heteroatoms. The van der Waals surface area contributed by atoms with Crippen LogP contribution in [0.1, 0.15) is 0 Å². The molecule has 3 aromatic heterocycles. The lowest BCUT2D eigenvalue weighted by Crippen LogP contribution is -1.93. The van der Waals surface area contributed by atoms with E-state index in [1.54, 1.807) is 23.0 Å². The van der Waals surface area contributed by atoms with Crippen molar-refractivity contribution in [1.29, 1.82) is 0 Å². The van der Waals surface area contributed by atoms with Crippen LogP contribution in [0.15, 0.2) is 37.1 Å². The molecule has 0 atom stereocenters. The molecule has 3 rings (SSSR count). The molecule has 0 aromatic carbocycles. The molecule has 0 spiro atoms. The van der Waals surface area contributed by atoms with Crippen LogP contribution in [0, 0.1) is 0 Å². The van der Waals surface area contributed by atoms with Crippen LogP contribution in [0.3, 0.4) is 0 Å². The molecule has 3 aromatic rings. The van der Waals surface area contributed by atoms with Gasteiger partial charge < -0.3 is 0 Å². The van der Waals surface area contributed by atoms with Crippen molar-refractivity contribution in [2.45, 2.75) is 0 Å². The van der Waals surface area contributed by atoms with Gasteiger partial charge in [-0.3, -0.25) is 0 Å². The van der Waals surface area contributed by atoms with Crippen LogP contribution >= 0.6 is 11.6 Å². The molecule has 5 nitrogen and oxygen atoms in total. The molecule has 0 aliphatic heterocycles. The summed E-state index contributed by atoms with van der Waals surface area (Å²) in [5.74, 6) is 0. The smallest absolute Gasteiger partial charge is 0.154 e. The molecular weight excluding hydrogens is 226 g/mol. The minimum absolute atomic E-state index is 0.408. The second-order valence-electron chi connectivity index (χ2n) is 3.20.